The highest BCUT2D eigenvalue weighted by Gasteiger charge is 2.15. The van der Waals surface area contributed by atoms with Gasteiger partial charge in [0.25, 0.3) is 5.56 Å². The molecule has 25 heavy (non-hydrogen) atoms. The molecule has 3 heterocycles. The van der Waals surface area contributed by atoms with E-state index < -0.39 is 5.82 Å². The highest BCUT2D eigenvalue weighted by molar-refractivity contribution is 6.04. The van der Waals surface area contributed by atoms with Crippen molar-refractivity contribution < 1.29 is 4.39 Å². The Morgan fingerprint density at radius 1 is 1.00 bits per heavy atom. The quantitative estimate of drug-likeness (QED) is 0.478. The first kappa shape index (κ1) is 13.9. The number of H-pyrrole nitrogens is 1. The van der Waals surface area contributed by atoms with E-state index in [1.165, 1.54) is 18.3 Å². The predicted octanol–water partition coefficient (Wildman–Crippen LogP) is 3.55. The summed E-state index contributed by atoms with van der Waals surface area (Å²) in [5.41, 5.74) is 2.05. The number of fused-ring (bicyclic) bond motifs is 4. The molecule has 0 aliphatic rings. The minimum Gasteiger partial charge on any atom is -0.275 e. The molecule has 5 aromatic rings. The number of hydrogen-bond donors (Lipinski definition) is 1. The van der Waals surface area contributed by atoms with Crippen molar-refractivity contribution in [1.29, 1.82) is 0 Å². The maximum Gasteiger partial charge on any atom is 0.255 e. The van der Waals surface area contributed by atoms with Crippen LogP contribution in [0.4, 0.5) is 4.39 Å². The Morgan fingerprint density at radius 3 is 2.76 bits per heavy atom. The van der Waals surface area contributed by atoms with Gasteiger partial charge in [0, 0.05) is 28.4 Å². The minimum absolute atomic E-state index is 0.209. The van der Waals surface area contributed by atoms with E-state index in [-0.39, 0.29) is 11.1 Å². The molecule has 0 spiro atoms. The van der Waals surface area contributed by atoms with E-state index in [4.69, 9.17) is 0 Å². The van der Waals surface area contributed by atoms with Crippen LogP contribution in [0.25, 0.3) is 38.4 Å². The zero-order valence-corrected chi connectivity index (χ0v) is 12.9. The molecule has 0 fully saturated rings. The number of aromatic amines is 1. The Bertz CT molecular complexity index is 1340. The molecule has 5 rings (SSSR count). The summed E-state index contributed by atoms with van der Waals surface area (Å²) in [5.74, 6) is -0.410. The highest BCUT2D eigenvalue weighted by Crippen LogP contribution is 2.28. The van der Waals surface area contributed by atoms with Gasteiger partial charge < -0.3 is 0 Å². The third-order valence-corrected chi connectivity index (χ3v) is 4.41. The number of hydrogen-bond acceptors (Lipinski definition) is 3. The second-order valence-electron chi connectivity index (χ2n) is 5.81. The molecule has 0 unspecified atom stereocenters. The van der Waals surface area contributed by atoms with Crippen molar-refractivity contribution in [2.75, 3.05) is 0 Å². The zero-order valence-electron chi connectivity index (χ0n) is 12.9. The van der Waals surface area contributed by atoms with Crippen LogP contribution in [-0.4, -0.2) is 19.7 Å². The number of aromatic nitrogens is 4. The molecule has 3 aromatic heterocycles. The molecular weight excluding hydrogens is 319 g/mol. The Kier molecular flexibility index (Phi) is 2.76. The average Bonchev–Trinajstić information content (AvgIpc) is 3.13. The average molecular weight is 330 g/mol. The van der Waals surface area contributed by atoms with Gasteiger partial charge in [-0.05, 0) is 24.3 Å². The van der Waals surface area contributed by atoms with Crippen molar-refractivity contribution in [2.24, 2.45) is 0 Å². The summed E-state index contributed by atoms with van der Waals surface area (Å²) in [6.07, 6.45) is 3.22. The Hall–Kier alpha value is -3.54. The Labute approximate surface area is 140 Å². The molecule has 120 valence electrons. The van der Waals surface area contributed by atoms with Gasteiger partial charge >= 0.3 is 0 Å². The molecule has 0 aliphatic carbocycles. The fourth-order valence-electron chi connectivity index (χ4n) is 3.28. The molecule has 1 N–H and O–H groups in total. The molecule has 0 saturated heterocycles. The van der Waals surface area contributed by atoms with Gasteiger partial charge in [-0.25, -0.2) is 4.39 Å². The lowest BCUT2D eigenvalue weighted by atomic mass is 10.1. The first-order valence-corrected chi connectivity index (χ1v) is 7.75. The topological polar surface area (TPSA) is 63.6 Å². The summed E-state index contributed by atoms with van der Waals surface area (Å²) in [4.78, 5) is 17.2. The van der Waals surface area contributed by atoms with Gasteiger partial charge in [0.2, 0.25) is 0 Å². The second kappa shape index (κ2) is 4.98. The third-order valence-electron chi connectivity index (χ3n) is 4.41. The fourth-order valence-corrected chi connectivity index (χ4v) is 3.28. The summed E-state index contributed by atoms with van der Waals surface area (Å²) in [5, 5.41) is 8.93. The van der Waals surface area contributed by atoms with Crippen LogP contribution in [-0.2, 0) is 0 Å². The van der Waals surface area contributed by atoms with Gasteiger partial charge in [-0.1, -0.05) is 18.2 Å². The van der Waals surface area contributed by atoms with E-state index in [9.17, 15) is 9.18 Å². The van der Waals surface area contributed by atoms with E-state index in [1.54, 1.807) is 22.9 Å². The lowest BCUT2D eigenvalue weighted by Crippen LogP contribution is -2.18. The van der Waals surface area contributed by atoms with Crippen LogP contribution in [0.2, 0.25) is 0 Å². The number of nitrogens with zero attached hydrogens (tertiary/aromatic N) is 3. The number of halogens is 1. The highest BCUT2D eigenvalue weighted by atomic mass is 19.1. The molecule has 0 saturated carbocycles. The fraction of sp³-hybridized carbons (Fsp3) is 0. The van der Waals surface area contributed by atoms with E-state index in [2.05, 4.69) is 15.2 Å². The van der Waals surface area contributed by atoms with Gasteiger partial charge in [0.05, 0.1) is 22.9 Å². The number of rotatable bonds is 1. The second-order valence-corrected chi connectivity index (χ2v) is 5.81. The Balaban J connectivity index is 2.04. The van der Waals surface area contributed by atoms with Gasteiger partial charge in [-0.3, -0.25) is 19.4 Å². The lowest BCUT2D eigenvalue weighted by molar-refractivity contribution is 0.636. The third kappa shape index (κ3) is 1.91. The summed E-state index contributed by atoms with van der Waals surface area (Å²) >= 11 is 0. The Morgan fingerprint density at radius 2 is 1.84 bits per heavy atom. The van der Waals surface area contributed by atoms with Crippen LogP contribution in [0.5, 0.6) is 0 Å². The SMILES string of the molecule is O=c1ccc2ccc3cccnc3c2n1-c1ccc(F)c2[nH]ncc12. The van der Waals surface area contributed by atoms with Crippen molar-refractivity contribution in [3.05, 3.63) is 77.1 Å². The molecule has 0 amide bonds. The minimum atomic E-state index is -0.410. The normalized spacial score (nSPS) is 11.6. The van der Waals surface area contributed by atoms with Crippen molar-refractivity contribution in [3.63, 3.8) is 0 Å². The van der Waals surface area contributed by atoms with Crippen LogP contribution in [0, 0.1) is 5.82 Å². The molecule has 0 bridgehead atoms. The summed E-state index contributed by atoms with van der Waals surface area (Å²) in [7, 11) is 0. The van der Waals surface area contributed by atoms with Crippen LogP contribution >= 0.6 is 0 Å². The van der Waals surface area contributed by atoms with Crippen molar-refractivity contribution in [3.8, 4) is 5.69 Å². The smallest absolute Gasteiger partial charge is 0.255 e. The first-order valence-electron chi connectivity index (χ1n) is 7.75. The standard InChI is InChI=1S/C19H11FN4O/c20-14-6-7-15(13-10-22-23-18(13)14)24-16(25)8-5-12-4-3-11-2-1-9-21-17(11)19(12)24/h1-10H,(H,22,23). The summed E-state index contributed by atoms with van der Waals surface area (Å²) in [6.45, 7) is 0. The van der Waals surface area contributed by atoms with Gasteiger partial charge in [0.15, 0.2) is 0 Å². The van der Waals surface area contributed by atoms with Crippen molar-refractivity contribution >= 4 is 32.7 Å². The van der Waals surface area contributed by atoms with Crippen molar-refractivity contribution in [2.45, 2.75) is 0 Å². The number of pyridine rings is 2. The van der Waals surface area contributed by atoms with E-state index in [0.29, 0.717) is 16.6 Å². The zero-order chi connectivity index (χ0) is 17.0. The van der Waals surface area contributed by atoms with Crippen LogP contribution in [0.3, 0.4) is 0 Å². The van der Waals surface area contributed by atoms with Crippen molar-refractivity contribution in [1.82, 2.24) is 19.7 Å². The summed E-state index contributed by atoms with van der Waals surface area (Å²) in [6, 6.07) is 13.9. The molecule has 0 radical (unpaired) electrons. The molecular formula is C19H11FN4O. The van der Waals surface area contributed by atoms with E-state index in [0.717, 1.165) is 16.3 Å². The monoisotopic (exact) mass is 330 g/mol. The van der Waals surface area contributed by atoms with Gasteiger partial charge in [0.1, 0.15) is 11.3 Å². The van der Waals surface area contributed by atoms with Crippen LogP contribution in [0.15, 0.2) is 65.7 Å². The van der Waals surface area contributed by atoms with E-state index in [1.807, 2.05) is 24.3 Å². The van der Waals surface area contributed by atoms with Gasteiger partial charge in [-0.15, -0.1) is 0 Å². The van der Waals surface area contributed by atoms with Gasteiger partial charge in [-0.2, -0.15) is 5.10 Å². The maximum atomic E-state index is 14.0. The number of nitrogens with one attached hydrogen (secondary N) is 1. The maximum absolute atomic E-state index is 14.0. The predicted molar refractivity (Wildman–Crippen MR) is 94.5 cm³/mol. The largest absolute Gasteiger partial charge is 0.275 e. The molecule has 2 aromatic carbocycles. The molecule has 0 atom stereocenters. The van der Waals surface area contributed by atoms with Crippen LogP contribution in [0.1, 0.15) is 0 Å². The lowest BCUT2D eigenvalue weighted by Gasteiger charge is -2.13. The first-order chi connectivity index (χ1) is 12.2. The molecule has 6 heteroatoms. The van der Waals surface area contributed by atoms with E-state index >= 15 is 0 Å². The summed E-state index contributed by atoms with van der Waals surface area (Å²) < 4.78 is 15.6. The molecule has 5 nitrogen and oxygen atoms in total. The molecule has 0 aliphatic heterocycles. The number of benzene rings is 2. The van der Waals surface area contributed by atoms with Crippen LogP contribution < -0.4 is 5.56 Å².